The van der Waals surface area contributed by atoms with Crippen LogP contribution in [0.2, 0.25) is 0 Å². The monoisotopic (exact) mass is 340 g/mol. The van der Waals surface area contributed by atoms with Crippen LogP contribution in [0.1, 0.15) is 57.3 Å². The summed E-state index contributed by atoms with van der Waals surface area (Å²) in [7, 11) is 0. The van der Waals surface area contributed by atoms with Crippen LogP contribution in [0.3, 0.4) is 0 Å². The number of fused-ring (bicyclic) bond motifs is 1. The molecule has 1 N–H and O–H groups in total. The van der Waals surface area contributed by atoms with E-state index in [0.717, 1.165) is 49.2 Å². The van der Waals surface area contributed by atoms with Crippen molar-refractivity contribution in [1.82, 2.24) is 19.8 Å². The molecule has 1 aromatic carbocycles. The van der Waals surface area contributed by atoms with Gasteiger partial charge in [-0.05, 0) is 50.8 Å². The van der Waals surface area contributed by atoms with E-state index in [0.29, 0.717) is 12.6 Å². The fourth-order valence-corrected chi connectivity index (χ4v) is 4.47. The average Bonchev–Trinajstić information content (AvgIpc) is 3.28. The number of nitrogens with one attached hydrogen (secondary N) is 1. The zero-order chi connectivity index (χ0) is 17.2. The van der Waals surface area contributed by atoms with Crippen molar-refractivity contribution in [2.75, 3.05) is 19.6 Å². The molecular formula is C20H28N4O. The number of imidazole rings is 1. The summed E-state index contributed by atoms with van der Waals surface area (Å²) in [5.74, 6) is 1.21. The van der Waals surface area contributed by atoms with Gasteiger partial charge in [0.25, 0.3) is 0 Å². The van der Waals surface area contributed by atoms with Crippen LogP contribution in [0, 0.1) is 0 Å². The maximum atomic E-state index is 13.0. The van der Waals surface area contributed by atoms with Gasteiger partial charge in [0.15, 0.2) is 0 Å². The lowest BCUT2D eigenvalue weighted by molar-refractivity contribution is -0.134. The van der Waals surface area contributed by atoms with E-state index in [1.165, 1.54) is 19.3 Å². The molecule has 0 radical (unpaired) electrons. The molecule has 2 aromatic rings. The van der Waals surface area contributed by atoms with E-state index < -0.39 is 0 Å². The third kappa shape index (κ3) is 3.30. The SMILES string of the molecule is CCC1CCCCN1CC(=O)N1CCCC1c1nc2ccccc2[nH]1. The number of hydrogen-bond acceptors (Lipinski definition) is 3. The summed E-state index contributed by atoms with van der Waals surface area (Å²) in [5, 5.41) is 0. The van der Waals surface area contributed by atoms with E-state index in [2.05, 4.69) is 21.7 Å². The molecule has 0 bridgehead atoms. The number of piperidine rings is 1. The Hall–Kier alpha value is -1.88. The molecule has 2 aliphatic rings. The van der Waals surface area contributed by atoms with Gasteiger partial charge in [0.1, 0.15) is 5.82 Å². The van der Waals surface area contributed by atoms with Crippen molar-refractivity contribution in [2.45, 2.75) is 57.5 Å². The van der Waals surface area contributed by atoms with Crippen LogP contribution in [0.15, 0.2) is 24.3 Å². The van der Waals surface area contributed by atoms with Gasteiger partial charge in [-0.3, -0.25) is 9.69 Å². The minimum Gasteiger partial charge on any atom is -0.340 e. The molecule has 2 atom stereocenters. The number of carbonyl (C=O) groups is 1. The Morgan fingerprint density at radius 3 is 2.92 bits per heavy atom. The lowest BCUT2D eigenvalue weighted by atomic mass is 10.00. The summed E-state index contributed by atoms with van der Waals surface area (Å²) in [4.78, 5) is 25.6. The quantitative estimate of drug-likeness (QED) is 0.927. The molecule has 2 unspecified atom stereocenters. The first-order valence-electron chi connectivity index (χ1n) is 9.74. The highest BCUT2D eigenvalue weighted by Crippen LogP contribution is 2.32. The number of rotatable bonds is 4. The third-order valence-corrected chi connectivity index (χ3v) is 5.86. The standard InChI is InChI=1S/C20H28N4O/c1-2-15-8-5-6-12-23(15)14-19(25)24-13-7-11-18(24)20-21-16-9-3-4-10-17(16)22-20/h3-4,9-10,15,18H,2,5-8,11-14H2,1H3,(H,21,22). The molecule has 4 rings (SSSR count). The highest BCUT2D eigenvalue weighted by molar-refractivity contribution is 5.79. The van der Waals surface area contributed by atoms with Gasteiger partial charge in [-0.1, -0.05) is 25.5 Å². The van der Waals surface area contributed by atoms with Crippen molar-refractivity contribution in [1.29, 1.82) is 0 Å². The molecule has 1 aromatic heterocycles. The first-order valence-corrected chi connectivity index (χ1v) is 9.74. The van der Waals surface area contributed by atoms with Crippen LogP contribution in [0.5, 0.6) is 0 Å². The number of H-pyrrole nitrogens is 1. The molecule has 1 amide bonds. The smallest absolute Gasteiger partial charge is 0.237 e. The molecule has 0 saturated carbocycles. The second kappa shape index (κ2) is 7.16. The van der Waals surface area contributed by atoms with E-state index in [4.69, 9.17) is 4.98 Å². The Bertz CT molecular complexity index is 707. The van der Waals surface area contributed by atoms with Crippen molar-refractivity contribution >= 4 is 16.9 Å². The predicted octanol–water partition coefficient (Wildman–Crippen LogP) is 3.49. The first-order chi connectivity index (χ1) is 12.3. The summed E-state index contributed by atoms with van der Waals surface area (Å²) in [6, 6.07) is 8.77. The minimum absolute atomic E-state index is 0.102. The number of benzene rings is 1. The lowest BCUT2D eigenvalue weighted by Crippen LogP contribution is -2.46. The number of carbonyl (C=O) groups excluding carboxylic acids is 1. The fraction of sp³-hybridized carbons (Fsp3) is 0.600. The van der Waals surface area contributed by atoms with Crippen LogP contribution in [-0.2, 0) is 4.79 Å². The fourth-order valence-electron chi connectivity index (χ4n) is 4.47. The van der Waals surface area contributed by atoms with Crippen molar-refractivity contribution in [2.24, 2.45) is 0 Å². The normalized spacial score (nSPS) is 24.9. The molecule has 5 heteroatoms. The predicted molar refractivity (Wildman–Crippen MR) is 99.3 cm³/mol. The van der Waals surface area contributed by atoms with Crippen molar-refractivity contribution < 1.29 is 4.79 Å². The van der Waals surface area contributed by atoms with E-state index in [1.807, 2.05) is 24.3 Å². The van der Waals surface area contributed by atoms with Crippen LogP contribution in [0.25, 0.3) is 11.0 Å². The molecule has 5 nitrogen and oxygen atoms in total. The number of aromatic amines is 1. The van der Waals surface area contributed by atoms with Crippen molar-refractivity contribution in [3.05, 3.63) is 30.1 Å². The molecule has 2 saturated heterocycles. The van der Waals surface area contributed by atoms with Crippen molar-refractivity contribution in [3.63, 3.8) is 0 Å². The van der Waals surface area contributed by atoms with Gasteiger partial charge in [-0.25, -0.2) is 4.98 Å². The van der Waals surface area contributed by atoms with Gasteiger partial charge in [-0.2, -0.15) is 0 Å². The molecule has 2 aliphatic heterocycles. The van der Waals surface area contributed by atoms with Crippen LogP contribution < -0.4 is 0 Å². The Morgan fingerprint density at radius 2 is 2.08 bits per heavy atom. The lowest BCUT2D eigenvalue weighted by Gasteiger charge is -2.36. The summed E-state index contributed by atoms with van der Waals surface area (Å²) in [6.07, 6.45) is 6.95. The van der Waals surface area contributed by atoms with Crippen LogP contribution in [0.4, 0.5) is 0 Å². The Labute approximate surface area is 149 Å². The van der Waals surface area contributed by atoms with E-state index >= 15 is 0 Å². The molecule has 0 spiro atoms. The van der Waals surface area contributed by atoms with Crippen LogP contribution in [-0.4, -0.2) is 51.4 Å². The highest BCUT2D eigenvalue weighted by Gasteiger charge is 2.34. The number of para-hydroxylation sites is 2. The Balaban J connectivity index is 1.49. The van der Waals surface area contributed by atoms with Gasteiger partial charge in [-0.15, -0.1) is 0 Å². The van der Waals surface area contributed by atoms with Crippen molar-refractivity contribution in [3.8, 4) is 0 Å². The summed E-state index contributed by atoms with van der Waals surface area (Å²) in [5.41, 5.74) is 2.04. The number of hydrogen-bond donors (Lipinski definition) is 1. The topological polar surface area (TPSA) is 52.2 Å². The van der Waals surface area contributed by atoms with E-state index in [-0.39, 0.29) is 11.9 Å². The molecule has 2 fully saturated rings. The second-order valence-electron chi connectivity index (χ2n) is 7.41. The first kappa shape index (κ1) is 16.6. The average molecular weight is 340 g/mol. The van der Waals surface area contributed by atoms with Gasteiger partial charge in [0, 0.05) is 12.6 Å². The van der Waals surface area contributed by atoms with E-state index in [1.54, 1.807) is 0 Å². The maximum Gasteiger partial charge on any atom is 0.237 e. The maximum absolute atomic E-state index is 13.0. The van der Waals surface area contributed by atoms with Gasteiger partial charge in [0.2, 0.25) is 5.91 Å². The largest absolute Gasteiger partial charge is 0.340 e. The van der Waals surface area contributed by atoms with Gasteiger partial charge < -0.3 is 9.88 Å². The number of aromatic nitrogens is 2. The second-order valence-corrected chi connectivity index (χ2v) is 7.41. The third-order valence-electron chi connectivity index (χ3n) is 5.86. The molecule has 134 valence electrons. The Morgan fingerprint density at radius 1 is 1.20 bits per heavy atom. The Kier molecular flexibility index (Phi) is 4.75. The molecular weight excluding hydrogens is 312 g/mol. The number of nitrogens with zero attached hydrogens (tertiary/aromatic N) is 3. The zero-order valence-corrected chi connectivity index (χ0v) is 15.1. The molecule has 0 aliphatic carbocycles. The molecule has 3 heterocycles. The summed E-state index contributed by atoms with van der Waals surface area (Å²) >= 11 is 0. The minimum atomic E-state index is 0.102. The van der Waals surface area contributed by atoms with Gasteiger partial charge in [0.05, 0.1) is 23.6 Å². The molecule has 25 heavy (non-hydrogen) atoms. The van der Waals surface area contributed by atoms with E-state index in [9.17, 15) is 4.79 Å². The zero-order valence-electron chi connectivity index (χ0n) is 15.1. The van der Waals surface area contributed by atoms with Crippen LogP contribution >= 0.6 is 0 Å². The number of likely N-dealkylation sites (tertiary alicyclic amines) is 2. The summed E-state index contributed by atoms with van der Waals surface area (Å²) in [6.45, 7) is 4.72. The van der Waals surface area contributed by atoms with Gasteiger partial charge >= 0.3 is 0 Å². The summed E-state index contributed by atoms with van der Waals surface area (Å²) < 4.78 is 0. The highest BCUT2D eigenvalue weighted by atomic mass is 16.2. The number of amides is 1.